The Balaban J connectivity index is 1.28. The maximum absolute atomic E-state index is 14.1. The molecule has 1 atom stereocenters. The van der Waals surface area contributed by atoms with Gasteiger partial charge in [0, 0.05) is 49.5 Å². The summed E-state index contributed by atoms with van der Waals surface area (Å²) in [6.07, 6.45) is 7.82. The summed E-state index contributed by atoms with van der Waals surface area (Å²) in [5, 5.41) is 5.47. The van der Waals surface area contributed by atoms with Crippen LogP contribution in [0.3, 0.4) is 0 Å². The Bertz CT molecular complexity index is 1370. The number of rotatable bonds is 6. The van der Waals surface area contributed by atoms with Crippen LogP contribution >= 0.6 is 0 Å². The molecule has 0 radical (unpaired) electrons. The van der Waals surface area contributed by atoms with E-state index in [1.54, 1.807) is 23.2 Å². The molecule has 1 unspecified atom stereocenters. The summed E-state index contributed by atoms with van der Waals surface area (Å²) in [5.74, 6) is -0.772. The molecule has 1 saturated heterocycles. The monoisotopic (exact) mass is 472 g/mol. The Morgan fingerprint density at radius 1 is 1.17 bits per heavy atom. The van der Waals surface area contributed by atoms with Gasteiger partial charge in [0.2, 0.25) is 6.54 Å². The van der Waals surface area contributed by atoms with Crippen LogP contribution in [0.25, 0.3) is 27.1 Å². The van der Waals surface area contributed by atoms with Crippen LogP contribution < -0.4 is 0 Å². The summed E-state index contributed by atoms with van der Waals surface area (Å²) in [7, 11) is 0. The zero-order chi connectivity index (χ0) is 24.2. The Morgan fingerprint density at radius 3 is 2.91 bits per heavy atom. The molecule has 1 aliphatic rings. The third-order valence-electron chi connectivity index (χ3n) is 6.35. The van der Waals surface area contributed by atoms with Gasteiger partial charge < -0.3 is 14.7 Å². The minimum Gasteiger partial charge on any atom is -0.346 e. The van der Waals surface area contributed by atoms with Crippen molar-refractivity contribution < 1.29 is 9.18 Å². The zero-order valence-electron chi connectivity index (χ0n) is 19.1. The number of aromatic nitrogens is 5. The summed E-state index contributed by atoms with van der Waals surface area (Å²) in [6, 6.07) is 7.90. The fourth-order valence-electron chi connectivity index (χ4n) is 4.55. The van der Waals surface area contributed by atoms with Gasteiger partial charge in [-0.1, -0.05) is 12.1 Å². The average molecular weight is 473 g/mol. The van der Waals surface area contributed by atoms with E-state index in [2.05, 4.69) is 29.8 Å². The molecule has 35 heavy (non-hydrogen) atoms. The van der Waals surface area contributed by atoms with Crippen LogP contribution in [-0.2, 0) is 0 Å². The lowest BCUT2D eigenvalue weighted by atomic mass is 10.2. The lowest BCUT2D eigenvalue weighted by Gasteiger charge is -2.24. The fourth-order valence-corrected chi connectivity index (χ4v) is 4.55. The van der Waals surface area contributed by atoms with Crippen LogP contribution in [-0.4, -0.2) is 79.7 Å². The van der Waals surface area contributed by atoms with Crippen LogP contribution in [0.5, 0.6) is 0 Å². The fraction of sp³-hybridized carbons (Fsp3) is 0.320. The highest BCUT2D eigenvalue weighted by Gasteiger charge is 2.25. The van der Waals surface area contributed by atoms with Gasteiger partial charge in [0.25, 0.3) is 5.91 Å². The van der Waals surface area contributed by atoms with Gasteiger partial charge in [-0.05, 0) is 31.2 Å². The lowest BCUT2D eigenvalue weighted by Crippen LogP contribution is -2.37. The largest absolute Gasteiger partial charge is 0.346 e. The van der Waals surface area contributed by atoms with Gasteiger partial charge in [0.15, 0.2) is 0 Å². The number of hydrogen-bond acceptors (Lipinski definition) is 5. The van der Waals surface area contributed by atoms with E-state index in [9.17, 15) is 9.18 Å². The number of carbonyl (C=O) groups excluding carboxylic acids is 1. The standard InChI is InChI=1S/C25H25FN8O/c1-27-14-19(34-15-18(13-31-34)23-21-7-8-28-24(21)30-17-29-23)16-32-9-4-10-33(12-11-32)25(35)20-5-2-3-6-22(20)26/h2-3,5-8,13,15,17,19H,4,9-12,14,16H2,(H,28,29,30). The molecule has 5 rings (SSSR count). The molecule has 3 aromatic heterocycles. The average Bonchev–Trinajstić information content (AvgIpc) is 3.50. The van der Waals surface area contributed by atoms with Crippen molar-refractivity contribution in [3.63, 3.8) is 0 Å². The van der Waals surface area contributed by atoms with Crippen molar-refractivity contribution in [2.24, 2.45) is 0 Å². The lowest BCUT2D eigenvalue weighted by molar-refractivity contribution is 0.0756. The molecule has 178 valence electrons. The predicted molar refractivity (Wildman–Crippen MR) is 129 cm³/mol. The maximum Gasteiger partial charge on any atom is 0.256 e. The van der Waals surface area contributed by atoms with E-state index in [1.807, 2.05) is 23.1 Å². The highest BCUT2D eigenvalue weighted by atomic mass is 19.1. The van der Waals surface area contributed by atoms with Gasteiger partial charge in [-0.25, -0.2) is 20.9 Å². The highest BCUT2D eigenvalue weighted by molar-refractivity contribution is 5.94. The maximum atomic E-state index is 14.1. The Labute approximate surface area is 202 Å². The van der Waals surface area contributed by atoms with Gasteiger partial charge in [0.1, 0.15) is 23.8 Å². The van der Waals surface area contributed by atoms with Crippen molar-refractivity contribution in [1.82, 2.24) is 34.5 Å². The number of nitrogens with zero attached hydrogens (tertiary/aromatic N) is 7. The molecule has 9 nitrogen and oxygen atoms in total. The molecule has 0 bridgehead atoms. The number of amides is 1. The molecule has 10 heteroatoms. The summed E-state index contributed by atoms with van der Waals surface area (Å²) < 4.78 is 15.9. The van der Waals surface area contributed by atoms with Crippen LogP contribution in [0.15, 0.2) is 55.2 Å². The van der Waals surface area contributed by atoms with Crippen molar-refractivity contribution in [3.8, 4) is 11.3 Å². The number of benzene rings is 1. The molecule has 1 fully saturated rings. The third kappa shape index (κ3) is 4.76. The predicted octanol–water partition coefficient (Wildman–Crippen LogP) is 3.27. The topological polar surface area (TPSA) is 87.3 Å². The second-order valence-corrected chi connectivity index (χ2v) is 8.59. The van der Waals surface area contributed by atoms with Gasteiger partial charge in [-0.2, -0.15) is 5.10 Å². The van der Waals surface area contributed by atoms with Crippen molar-refractivity contribution in [2.75, 3.05) is 39.3 Å². The SMILES string of the molecule is [C-]#[N+]CC(CN1CCCN(C(=O)c2ccccc2F)CC1)n1cc(-c2ncnc3[nH]ccc23)cn1. The number of halogens is 1. The van der Waals surface area contributed by atoms with Gasteiger partial charge in [-0.3, -0.25) is 14.4 Å². The van der Waals surface area contributed by atoms with Crippen molar-refractivity contribution in [2.45, 2.75) is 12.5 Å². The van der Waals surface area contributed by atoms with Gasteiger partial charge in [0.05, 0.1) is 17.5 Å². The van der Waals surface area contributed by atoms with E-state index in [0.29, 0.717) is 32.7 Å². The van der Waals surface area contributed by atoms with Crippen molar-refractivity contribution in [1.29, 1.82) is 0 Å². The molecule has 4 heterocycles. The molecular formula is C25H25FN8O. The van der Waals surface area contributed by atoms with E-state index in [0.717, 1.165) is 35.3 Å². The number of aromatic amines is 1. The number of H-pyrrole nitrogens is 1. The summed E-state index contributed by atoms with van der Waals surface area (Å²) in [5.41, 5.74) is 2.53. The van der Waals surface area contributed by atoms with Crippen LogP contribution in [0, 0.1) is 12.4 Å². The summed E-state index contributed by atoms with van der Waals surface area (Å²) in [4.78, 5) is 32.2. The first kappa shape index (κ1) is 22.7. The van der Waals surface area contributed by atoms with E-state index < -0.39 is 5.82 Å². The quantitative estimate of drug-likeness (QED) is 0.435. The van der Waals surface area contributed by atoms with Crippen LogP contribution in [0.4, 0.5) is 4.39 Å². The zero-order valence-corrected chi connectivity index (χ0v) is 19.1. The number of carbonyl (C=O) groups is 1. The molecular weight excluding hydrogens is 447 g/mol. The first-order valence-electron chi connectivity index (χ1n) is 11.6. The van der Waals surface area contributed by atoms with E-state index in [-0.39, 0.29) is 17.5 Å². The Kier molecular flexibility index (Phi) is 6.50. The van der Waals surface area contributed by atoms with Gasteiger partial charge >= 0.3 is 0 Å². The molecule has 0 saturated carbocycles. The minimum atomic E-state index is -0.495. The minimum absolute atomic E-state index is 0.108. The number of nitrogens with one attached hydrogen (secondary N) is 1. The molecule has 1 N–H and O–H groups in total. The third-order valence-corrected chi connectivity index (χ3v) is 6.35. The van der Waals surface area contributed by atoms with E-state index >= 15 is 0 Å². The highest BCUT2D eigenvalue weighted by Crippen LogP contribution is 2.25. The normalized spacial score (nSPS) is 15.6. The van der Waals surface area contributed by atoms with Gasteiger partial charge in [-0.15, -0.1) is 0 Å². The first-order valence-corrected chi connectivity index (χ1v) is 11.6. The summed E-state index contributed by atoms with van der Waals surface area (Å²) in [6.45, 7) is 10.9. The van der Waals surface area contributed by atoms with Crippen LogP contribution in [0.2, 0.25) is 0 Å². The van der Waals surface area contributed by atoms with E-state index in [1.165, 1.54) is 18.5 Å². The summed E-state index contributed by atoms with van der Waals surface area (Å²) >= 11 is 0. The molecule has 0 spiro atoms. The molecule has 1 aliphatic heterocycles. The van der Waals surface area contributed by atoms with Crippen molar-refractivity contribution in [3.05, 3.63) is 78.0 Å². The second-order valence-electron chi connectivity index (χ2n) is 8.59. The number of hydrogen-bond donors (Lipinski definition) is 1. The first-order chi connectivity index (χ1) is 17.1. The Hall–Kier alpha value is -4.10. The van der Waals surface area contributed by atoms with E-state index in [4.69, 9.17) is 6.57 Å². The Morgan fingerprint density at radius 2 is 2.06 bits per heavy atom. The smallest absolute Gasteiger partial charge is 0.256 e. The number of fused-ring (bicyclic) bond motifs is 1. The second kappa shape index (κ2) is 10.0. The molecule has 1 aromatic carbocycles. The molecule has 1 amide bonds. The molecule has 0 aliphatic carbocycles. The van der Waals surface area contributed by atoms with Crippen LogP contribution in [0.1, 0.15) is 22.8 Å². The molecule has 4 aromatic rings. The van der Waals surface area contributed by atoms with Crippen molar-refractivity contribution >= 4 is 16.9 Å².